The Bertz CT molecular complexity index is 1430. The number of carbonyl (C=O) groups excluding carboxylic acids is 2. The van der Waals surface area contributed by atoms with E-state index in [1.165, 1.54) is 35.2 Å². The number of rotatable bonds is 13. The van der Waals surface area contributed by atoms with E-state index in [-0.39, 0.29) is 28.7 Å². The van der Waals surface area contributed by atoms with E-state index in [1.807, 2.05) is 6.92 Å². The van der Waals surface area contributed by atoms with Gasteiger partial charge in [-0.1, -0.05) is 65.7 Å². The third-order valence-electron chi connectivity index (χ3n) is 6.20. The fraction of sp³-hybridized carbons (Fsp3) is 0.286. The van der Waals surface area contributed by atoms with Crippen molar-refractivity contribution in [2.75, 3.05) is 17.4 Å². The summed E-state index contributed by atoms with van der Waals surface area (Å²) in [6, 6.07) is 18.9. The van der Waals surface area contributed by atoms with Crippen LogP contribution in [0, 0.1) is 10.1 Å². The molecule has 0 aromatic heterocycles. The maximum absolute atomic E-state index is 13.9. The minimum atomic E-state index is -4.31. The summed E-state index contributed by atoms with van der Waals surface area (Å²) in [7, 11) is -4.31. The van der Waals surface area contributed by atoms with Crippen molar-refractivity contribution in [2.24, 2.45) is 0 Å². The van der Waals surface area contributed by atoms with Gasteiger partial charge in [0.1, 0.15) is 12.6 Å². The summed E-state index contributed by atoms with van der Waals surface area (Å²) in [5.74, 6) is -1.02. The molecule has 3 rings (SSSR count). The van der Waals surface area contributed by atoms with E-state index in [0.29, 0.717) is 6.54 Å². The molecule has 212 valence electrons. The van der Waals surface area contributed by atoms with Gasteiger partial charge in [0.05, 0.1) is 15.5 Å². The Morgan fingerprint density at radius 2 is 1.70 bits per heavy atom. The van der Waals surface area contributed by atoms with E-state index >= 15 is 0 Å². The van der Waals surface area contributed by atoms with Gasteiger partial charge in [-0.3, -0.25) is 24.0 Å². The smallest absolute Gasteiger partial charge is 0.271 e. The second-order valence-electron chi connectivity index (χ2n) is 9.07. The van der Waals surface area contributed by atoms with Crippen LogP contribution in [0.25, 0.3) is 0 Å². The van der Waals surface area contributed by atoms with Crippen molar-refractivity contribution in [1.29, 1.82) is 0 Å². The van der Waals surface area contributed by atoms with Crippen molar-refractivity contribution in [2.45, 2.75) is 44.2 Å². The van der Waals surface area contributed by atoms with Crippen molar-refractivity contribution in [3.63, 3.8) is 0 Å². The van der Waals surface area contributed by atoms with Crippen LogP contribution in [-0.4, -0.2) is 49.2 Å². The largest absolute Gasteiger partial charge is 0.354 e. The van der Waals surface area contributed by atoms with Gasteiger partial charge in [0.15, 0.2) is 0 Å². The summed E-state index contributed by atoms with van der Waals surface area (Å²) in [6.45, 7) is 3.39. The highest BCUT2D eigenvalue weighted by atomic mass is 79.9. The van der Waals surface area contributed by atoms with Crippen molar-refractivity contribution in [1.82, 2.24) is 10.2 Å². The third kappa shape index (κ3) is 7.89. The Morgan fingerprint density at radius 3 is 2.33 bits per heavy atom. The van der Waals surface area contributed by atoms with E-state index in [4.69, 9.17) is 0 Å². The first-order valence-corrected chi connectivity index (χ1v) is 14.9. The predicted octanol–water partition coefficient (Wildman–Crippen LogP) is 4.89. The number of hydrogen-bond donors (Lipinski definition) is 1. The lowest BCUT2D eigenvalue weighted by atomic mass is 10.1. The lowest BCUT2D eigenvalue weighted by molar-refractivity contribution is -0.384. The minimum Gasteiger partial charge on any atom is -0.354 e. The molecule has 12 heteroatoms. The number of nitrogens with one attached hydrogen (secondary N) is 1. The fourth-order valence-corrected chi connectivity index (χ4v) is 5.61. The summed E-state index contributed by atoms with van der Waals surface area (Å²) in [5.41, 5.74) is 0.362. The molecular formula is C28H31BrN4O6S. The van der Waals surface area contributed by atoms with Crippen LogP contribution in [0.1, 0.15) is 32.3 Å². The summed E-state index contributed by atoms with van der Waals surface area (Å²) in [5, 5.41) is 14.3. The van der Waals surface area contributed by atoms with Gasteiger partial charge in [-0.05, 0) is 49.2 Å². The molecule has 0 spiro atoms. The third-order valence-corrected chi connectivity index (χ3v) is 8.52. The van der Waals surface area contributed by atoms with Gasteiger partial charge in [0.2, 0.25) is 11.8 Å². The molecule has 1 N–H and O–H groups in total. The molecule has 0 bridgehead atoms. The van der Waals surface area contributed by atoms with Crippen LogP contribution in [0.4, 0.5) is 11.4 Å². The zero-order valence-electron chi connectivity index (χ0n) is 22.2. The molecule has 0 fully saturated rings. The number of benzene rings is 3. The highest BCUT2D eigenvalue weighted by Crippen LogP contribution is 2.27. The van der Waals surface area contributed by atoms with Crippen molar-refractivity contribution >= 4 is 49.1 Å². The van der Waals surface area contributed by atoms with Gasteiger partial charge >= 0.3 is 0 Å². The van der Waals surface area contributed by atoms with Gasteiger partial charge in [0, 0.05) is 29.7 Å². The molecule has 0 unspecified atom stereocenters. The van der Waals surface area contributed by atoms with Gasteiger partial charge in [-0.2, -0.15) is 0 Å². The van der Waals surface area contributed by atoms with Crippen LogP contribution in [0.5, 0.6) is 0 Å². The van der Waals surface area contributed by atoms with Gasteiger partial charge < -0.3 is 10.2 Å². The highest BCUT2D eigenvalue weighted by Gasteiger charge is 2.33. The maximum atomic E-state index is 13.9. The first-order valence-electron chi connectivity index (χ1n) is 12.7. The standard InChI is InChI=1S/C28H31BrN4O6S/c1-3-4-17-30-28(35)21(2)31(19-22-13-15-23(29)16-14-22)27(34)20-32(24-9-8-10-25(18-24)33(36)37)40(38,39)26-11-6-5-7-12-26/h5-16,18,21H,3-4,17,19-20H2,1-2H3,(H,30,35)/t21-/m1/s1. The highest BCUT2D eigenvalue weighted by molar-refractivity contribution is 9.10. The molecule has 0 aliphatic heterocycles. The molecule has 40 heavy (non-hydrogen) atoms. The average Bonchev–Trinajstić information content (AvgIpc) is 2.95. The van der Waals surface area contributed by atoms with Crippen molar-refractivity contribution in [3.05, 3.63) is 99.0 Å². The number of nitro benzene ring substituents is 1. The lowest BCUT2D eigenvalue weighted by Gasteiger charge is -2.32. The van der Waals surface area contributed by atoms with Gasteiger partial charge in [-0.25, -0.2) is 8.42 Å². The van der Waals surface area contributed by atoms with Crippen molar-refractivity contribution in [3.8, 4) is 0 Å². The quantitative estimate of drug-likeness (QED) is 0.163. The van der Waals surface area contributed by atoms with E-state index < -0.39 is 33.4 Å². The number of non-ortho nitro benzene ring substituents is 1. The molecule has 3 aromatic carbocycles. The monoisotopic (exact) mass is 630 g/mol. The van der Waals surface area contributed by atoms with Gasteiger partial charge in [0.25, 0.3) is 15.7 Å². The van der Waals surface area contributed by atoms with E-state index in [2.05, 4.69) is 21.2 Å². The number of anilines is 1. The Labute approximate surface area is 242 Å². The molecule has 0 radical (unpaired) electrons. The van der Waals surface area contributed by atoms with Crippen LogP contribution in [0.15, 0.2) is 88.2 Å². The number of amides is 2. The second-order valence-corrected chi connectivity index (χ2v) is 11.8. The Balaban J connectivity index is 2.02. The molecule has 3 aromatic rings. The van der Waals surface area contributed by atoms with Crippen LogP contribution in [-0.2, 0) is 26.2 Å². The molecule has 0 aliphatic carbocycles. The topological polar surface area (TPSA) is 130 Å². The van der Waals surface area contributed by atoms with Crippen LogP contribution < -0.4 is 9.62 Å². The number of carbonyl (C=O) groups is 2. The molecule has 1 atom stereocenters. The molecule has 0 saturated carbocycles. The zero-order valence-corrected chi connectivity index (χ0v) is 24.6. The number of nitro groups is 1. The summed E-state index contributed by atoms with van der Waals surface area (Å²) in [6.07, 6.45) is 1.65. The van der Waals surface area contributed by atoms with E-state index in [1.54, 1.807) is 49.4 Å². The molecule has 10 nitrogen and oxygen atoms in total. The number of halogens is 1. The number of nitrogens with zero attached hydrogens (tertiary/aromatic N) is 3. The molecule has 2 amide bonds. The summed E-state index contributed by atoms with van der Waals surface area (Å²) >= 11 is 3.38. The summed E-state index contributed by atoms with van der Waals surface area (Å²) in [4.78, 5) is 38.9. The molecule has 0 heterocycles. The van der Waals surface area contributed by atoms with E-state index in [9.17, 15) is 28.1 Å². The number of sulfonamides is 1. The normalized spacial score (nSPS) is 11.9. The Kier molecular flexibility index (Phi) is 10.8. The van der Waals surface area contributed by atoms with Crippen LogP contribution >= 0.6 is 15.9 Å². The zero-order chi connectivity index (χ0) is 29.3. The number of unbranched alkanes of at least 4 members (excludes halogenated alkanes) is 1. The summed E-state index contributed by atoms with van der Waals surface area (Å²) < 4.78 is 29.2. The average molecular weight is 632 g/mol. The van der Waals surface area contributed by atoms with Crippen molar-refractivity contribution < 1.29 is 22.9 Å². The first-order chi connectivity index (χ1) is 19.0. The maximum Gasteiger partial charge on any atom is 0.271 e. The minimum absolute atomic E-state index is 0.0443. The second kappa shape index (κ2) is 14.0. The first kappa shape index (κ1) is 30.8. The SMILES string of the molecule is CCCCNC(=O)[C@@H](C)N(Cc1ccc(Br)cc1)C(=O)CN(c1cccc([N+](=O)[O-])c1)S(=O)(=O)c1ccccc1. The van der Waals surface area contributed by atoms with Crippen LogP contribution in [0.2, 0.25) is 0 Å². The Morgan fingerprint density at radius 1 is 1.02 bits per heavy atom. The van der Waals surface area contributed by atoms with Gasteiger partial charge in [-0.15, -0.1) is 0 Å². The fourth-order valence-electron chi connectivity index (χ4n) is 3.92. The predicted molar refractivity (Wildman–Crippen MR) is 156 cm³/mol. The molecule has 0 aliphatic rings. The molecular weight excluding hydrogens is 600 g/mol. The molecule has 0 saturated heterocycles. The Hall–Kier alpha value is -3.77. The lowest BCUT2D eigenvalue weighted by Crippen LogP contribution is -2.51. The number of hydrogen-bond acceptors (Lipinski definition) is 6. The van der Waals surface area contributed by atoms with E-state index in [0.717, 1.165) is 33.2 Å². The van der Waals surface area contributed by atoms with Crippen LogP contribution in [0.3, 0.4) is 0 Å².